The largest absolute Gasteiger partial charge is 0.491 e. The highest BCUT2D eigenvalue weighted by Crippen LogP contribution is 2.44. The SMILES string of the molecule is COCCOc1ccc(C(=O)N2C[C@H](C(=O)O)[C@@H](C3CC3)C2)cc1. The fourth-order valence-corrected chi connectivity index (χ4v) is 3.38. The first-order valence-electron chi connectivity index (χ1n) is 8.34. The molecule has 0 radical (unpaired) electrons. The Kier molecular flexibility index (Phi) is 5.04. The summed E-state index contributed by atoms with van der Waals surface area (Å²) < 4.78 is 10.4. The monoisotopic (exact) mass is 333 g/mol. The molecule has 1 saturated heterocycles. The predicted octanol–water partition coefficient (Wildman–Crippen LogP) is 1.89. The number of carbonyl (C=O) groups excluding carboxylic acids is 1. The Morgan fingerprint density at radius 2 is 1.88 bits per heavy atom. The Labute approximate surface area is 141 Å². The maximum Gasteiger partial charge on any atom is 0.308 e. The molecule has 1 aliphatic carbocycles. The minimum absolute atomic E-state index is 0.100. The number of ether oxygens (including phenoxy) is 2. The van der Waals surface area contributed by atoms with Crippen LogP contribution in [0.25, 0.3) is 0 Å². The van der Waals surface area contributed by atoms with Crippen molar-refractivity contribution in [1.29, 1.82) is 0 Å². The van der Waals surface area contributed by atoms with E-state index in [0.717, 1.165) is 12.8 Å². The van der Waals surface area contributed by atoms with E-state index in [9.17, 15) is 14.7 Å². The van der Waals surface area contributed by atoms with Crippen molar-refractivity contribution in [2.45, 2.75) is 12.8 Å². The zero-order valence-electron chi connectivity index (χ0n) is 13.8. The molecule has 0 unspecified atom stereocenters. The maximum atomic E-state index is 12.6. The Hall–Kier alpha value is -2.08. The van der Waals surface area contributed by atoms with E-state index in [4.69, 9.17) is 9.47 Å². The molecular formula is C18H23NO5. The van der Waals surface area contributed by atoms with Gasteiger partial charge in [-0.15, -0.1) is 0 Å². The number of hydrogen-bond acceptors (Lipinski definition) is 4. The standard InChI is InChI=1S/C18H23NO5/c1-23-8-9-24-14-6-4-13(5-7-14)17(20)19-10-15(12-2-3-12)16(11-19)18(21)22/h4-7,12,15-16H,2-3,8-11H2,1H3,(H,21,22)/t15-,16+/m1/s1. The second kappa shape index (κ2) is 7.21. The van der Waals surface area contributed by atoms with Crippen molar-refractivity contribution in [3.63, 3.8) is 0 Å². The molecule has 6 nitrogen and oxygen atoms in total. The molecule has 1 N–H and O–H groups in total. The summed E-state index contributed by atoms with van der Waals surface area (Å²) in [5, 5.41) is 9.40. The van der Waals surface area contributed by atoms with Gasteiger partial charge in [0.1, 0.15) is 12.4 Å². The van der Waals surface area contributed by atoms with E-state index in [1.165, 1.54) is 0 Å². The highest BCUT2D eigenvalue weighted by Gasteiger charge is 2.46. The molecule has 1 aromatic carbocycles. The fourth-order valence-electron chi connectivity index (χ4n) is 3.38. The molecule has 0 aromatic heterocycles. The van der Waals surface area contributed by atoms with Crippen molar-refractivity contribution in [3.8, 4) is 5.75 Å². The van der Waals surface area contributed by atoms with Gasteiger partial charge in [-0.2, -0.15) is 0 Å². The maximum absolute atomic E-state index is 12.6. The lowest BCUT2D eigenvalue weighted by Crippen LogP contribution is -2.29. The second-order valence-electron chi connectivity index (χ2n) is 6.52. The van der Waals surface area contributed by atoms with Gasteiger partial charge in [0.15, 0.2) is 0 Å². The lowest BCUT2D eigenvalue weighted by atomic mass is 9.92. The van der Waals surface area contributed by atoms with E-state index in [2.05, 4.69) is 0 Å². The van der Waals surface area contributed by atoms with Crippen molar-refractivity contribution >= 4 is 11.9 Å². The van der Waals surface area contributed by atoms with Crippen LogP contribution in [0, 0.1) is 17.8 Å². The number of benzene rings is 1. The number of hydrogen-bond donors (Lipinski definition) is 1. The van der Waals surface area contributed by atoms with Gasteiger partial charge in [0.05, 0.1) is 12.5 Å². The van der Waals surface area contributed by atoms with Crippen molar-refractivity contribution in [3.05, 3.63) is 29.8 Å². The third kappa shape index (κ3) is 3.70. The molecule has 1 amide bonds. The summed E-state index contributed by atoms with van der Waals surface area (Å²) in [6.07, 6.45) is 2.17. The van der Waals surface area contributed by atoms with Gasteiger partial charge in [-0.25, -0.2) is 0 Å². The van der Waals surface area contributed by atoms with E-state index in [0.29, 0.717) is 43.5 Å². The van der Waals surface area contributed by atoms with Crippen LogP contribution in [0.1, 0.15) is 23.2 Å². The van der Waals surface area contributed by atoms with Crippen LogP contribution >= 0.6 is 0 Å². The molecule has 2 fully saturated rings. The summed E-state index contributed by atoms with van der Waals surface area (Å²) in [7, 11) is 1.61. The molecule has 2 atom stereocenters. The average molecular weight is 333 g/mol. The minimum Gasteiger partial charge on any atom is -0.491 e. The number of likely N-dealkylation sites (tertiary alicyclic amines) is 1. The number of carbonyl (C=O) groups is 2. The van der Waals surface area contributed by atoms with Gasteiger partial charge >= 0.3 is 5.97 Å². The third-order valence-electron chi connectivity index (χ3n) is 4.85. The Morgan fingerprint density at radius 3 is 2.46 bits per heavy atom. The first-order valence-corrected chi connectivity index (χ1v) is 8.34. The van der Waals surface area contributed by atoms with Crippen LogP contribution in [0.5, 0.6) is 5.75 Å². The van der Waals surface area contributed by atoms with E-state index >= 15 is 0 Å². The quantitative estimate of drug-likeness (QED) is 0.771. The lowest BCUT2D eigenvalue weighted by molar-refractivity contribution is -0.142. The van der Waals surface area contributed by atoms with Gasteiger partial charge in [-0.1, -0.05) is 0 Å². The summed E-state index contributed by atoms with van der Waals surface area (Å²) in [6.45, 7) is 1.82. The Balaban J connectivity index is 1.62. The van der Waals surface area contributed by atoms with Crippen molar-refractivity contribution in [2.24, 2.45) is 17.8 Å². The molecular weight excluding hydrogens is 310 g/mol. The van der Waals surface area contributed by atoms with Gasteiger partial charge < -0.3 is 19.5 Å². The van der Waals surface area contributed by atoms with E-state index < -0.39 is 11.9 Å². The average Bonchev–Trinajstić information content (AvgIpc) is 3.33. The van der Waals surface area contributed by atoms with Gasteiger partial charge in [0.25, 0.3) is 5.91 Å². The van der Waals surface area contributed by atoms with Crippen molar-refractivity contribution in [1.82, 2.24) is 4.90 Å². The number of methoxy groups -OCH3 is 1. The molecule has 1 aliphatic heterocycles. The van der Waals surface area contributed by atoms with Crippen LogP contribution in [-0.4, -0.2) is 55.3 Å². The van der Waals surface area contributed by atoms with Crippen LogP contribution in [0.2, 0.25) is 0 Å². The van der Waals surface area contributed by atoms with Crippen LogP contribution < -0.4 is 4.74 Å². The molecule has 130 valence electrons. The molecule has 0 bridgehead atoms. The minimum atomic E-state index is -0.788. The third-order valence-corrected chi connectivity index (χ3v) is 4.85. The fraction of sp³-hybridized carbons (Fsp3) is 0.556. The number of carboxylic acid groups (broad SMARTS) is 1. The second-order valence-corrected chi connectivity index (χ2v) is 6.52. The first kappa shape index (κ1) is 16.8. The summed E-state index contributed by atoms with van der Waals surface area (Å²) in [6, 6.07) is 6.97. The van der Waals surface area contributed by atoms with E-state index in [1.807, 2.05) is 0 Å². The van der Waals surface area contributed by atoms with E-state index in [-0.39, 0.29) is 11.8 Å². The molecule has 0 spiro atoms. The van der Waals surface area contributed by atoms with Crippen LogP contribution in [0.4, 0.5) is 0 Å². The number of amides is 1. The molecule has 1 heterocycles. The smallest absolute Gasteiger partial charge is 0.308 e. The molecule has 1 saturated carbocycles. The molecule has 1 aromatic rings. The number of rotatable bonds is 7. The highest BCUT2D eigenvalue weighted by atomic mass is 16.5. The Morgan fingerprint density at radius 1 is 1.17 bits per heavy atom. The van der Waals surface area contributed by atoms with Crippen molar-refractivity contribution in [2.75, 3.05) is 33.4 Å². The summed E-state index contributed by atoms with van der Waals surface area (Å²) in [5.41, 5.74) is 0.565. The van der Waals surface area contributed by atoms with Crippen molar-refractivity contribution < 1.29 is 24.2 Å². The van der Waals surface area contributed by atoms with Gasteiger partial charge in [-0.3, -0.25) is 9.59 Å². The Bertz CT molecular complexity index is 596. The number of carboxylic acids is 1. The molecule has 6 heteroatoms. The van der Waals surface area contributed by atoms with Crippen LogP contribution in [0.15, 0.2) is 24.3 Å². The zero-order valence-corrected chi connectivity index (χ0v) is 13.8. The molecule has 3 rings (SSSR count). The van der Waals surface area contributed by atoms with Crippen LogP contribution in [0.3, 0.4) is 0 Å². The molecule has 24 heavy (non-hydrogen) atoms. The van der Waals surface area contributed by atoms with Gasteiger partial charge in [-0.05, 0) is 48.9 Å². The zero-order chi connectivity index (χ0) is 17.1. The number of nitrogens with zero attached hydrogens (tertiary/aromatic N) is 1. The lowest BCUT2D eigenvalue weighted by Gasteiger charge is -2.16. The van der Waals surface area contributed by atoms with E-state index in [1.54, 1.807) is 36.3 Å². The topological polar surface area (TPSA) is 76.1 Å². The highest BCUT2D eigenvalue weighted by molar-refractivity contribution is 5.95. The van der Waals surface area contributed by atoms with Gasteiger partial charge in [0.2, 0.25) is 0 Å². The van der Waals surface area contributed by atoms with Crippen LogP contribution in [-0.2, 0) is 9.53 Å². The molecule has 2 aliphatic rings. The summed E-state index contributed by atoms with van der Waals surface area (Å²) >= 11 is 0. The predicted molar refractivity (Wildman–Crippen MR) is 87.1 cm³/mol. The summed E-state index contributed by atoms with van der Waals surface area (Å²) in [5.74, 6) is -0.0668. The normalized spacial score (nSPS) is 23.3. The number of aliphatic carboxylic acids is 1. The van der Waals surface area contributed by atoms with Gasteiger partial charge in [0, 0.05) is 25.8 Å². The first-order chi connectivity index (χ1) is 11.6. The summed E-state index contributed by atoms with van der Waals surface area (Å²) in [4.78, 5) is 25.8.